The fraction of sp³-hybridized carbons (Fsp3) is 0.130. The van der Waals surface area contributed by atoms with Gasteiger partial charge >= 0.3 is 5.97 Å². The number of halogens is 2. The van der Waals surface area contributed by atoms with Crippen molar-refractivity contribution in [3.8, 4) is 5.75 Å². The molecule has 0 saturated heterocycles. The van der Waals surface area contributed by atoms with E-state index in [1.165, 1.54) is 7.11 Å². The van der Waals surface area contributed by atoms with Crippen LogP contribution in [-0.4, -0.2) is 19.0 Å². The second-order valence-corrected chi connectivity index (χ2v) is 6.49. The minimum Gasteiger partial charge on any atom is -0.495 e. The maximum Gasteiger partial charge on any atom is 0.345 e. The van der Waals surface area contributed by atoms with Gasteiger partial charge in [-0.1, -0.05) is 42.5 Å². The molecule has 0 bridgehead atoms. The van der Waals surface area contributed by atoms with Crippen LogP contribution in [0.1, 0.15) is 27.6 Å². The van der Waals surface area contributed by atoms with Gasteiger partial charge in [-0.2, -0.15) is 0 Å². The molecule has 1 N–H and O–H groups in total. The summed E-state index contributed by atoms with van der Waals surface area (Å²) in [4.78, 5) is 25.5. The predicted octanol–water partition coefficient (Wildman–Crippen LogP) is 4.82. The minimum atomic E-state index is -1.44. The number of carbonyl (C=O) groups is 2. The first-order chi connectivity index (χ1) is 14.4. The van der Waals surface area contributed by atoms with Crippen LogP contribution in [0.4, 0.5) is 14.5 Å². The van der Waals surface area contributed by atoms with Crippen molar-refractivity contribution in [3.05, 3.63) is 95.1 Å². The third-order valence-corrected chi connectivity index (χ3v) is 4.35. The van der Waals surface area contributed by atoms with E-state index in [2.05, 4.69) is 5.32 Å². The largest absolute Gasteiger partial charge is 0.495 e. The molecule has 154 valence electrons. The van der Waals surface area contributed by atoms with Gasteiger partial charge in [-0.15, -0.1) is 0 Å². The number of ether oxygens (including phenoxy) is 2. The average molecular weight is 411 g/mol. The van der Waals surface area contributed by atoms with Gasteiger partial charge in [-0.3, -0.25) is 4.79 Å². The summed E-state index contributed by atoms with van der Waals surface area (Å²) >= 11 is 0. The molecule has 3 rings (SSSR count). The topological polar surface area (TPSA) is 64.6 Å². The lowest BCUT2D eigenvalue weighted by Crippen LogP contribution is -2.26. The Morgan fingerprint density at radius 3 is 2.23 bits per heavy atom. The molecule has 0 aliphatic carbocycles. The standard InChI is InChI=1S/C23H19F2NO4/c1-14-11-12-19(29-2)18(13-14)26-22(27)21(15-7-4-3-5-8-15)30-23(28)20-16(24)9-6-10-17(20)25/h3-13,21H,1-2H3,(H,26,27)/t21-/m1/s1. The van der Waals surface area contributed by atoms with Crippen LogP contribution in [0.25, 0.3) is 0 Å². The summed E-state index contributed by atoms with van der Waals surface area (Å²) in [6.45, 7) is 1.84. The van der Waals surface area contributed by atoms with E-state index in [0.717, 1.165) is 23.8 Å². The monoisotopic (exact) mass is 411 g/mol. The van der Waals surface area contributed by atoms with Gasteiger partial charge in [0.15, 0.2) is 0 Å². The van der Waals surface area contributed by atoms with Crippen LogP contribution < -0.4 is 10.1 Å². The van der Waals surface area contributed by atoms with E-state index in [-0.39, 0.29) is 0 Å². The second kappa shape index (κ2) is 9.17. The van der Waals surface area contributed by atoms with Crippen LogP contribution in [0.2, 0.25) is 0 Å². The first-order valence-corrected chi connectivity index (χ1v) is 9.06. The van der Waals surface area contributed by atoms with Crippen molar-refractivity contribution in [1.82, 2.24) is 0 Å². The van der Waals surface area contributed by atoms with E-state index in [4.69, 9.17) is 9.47 Å². The lowest BCUT2D eigenvalue weighted by Gasteiger charge is -2.19. The smallest absolute Gasteiger partial charge is 0.345 e. The Hall–Kier alpha value is -3.74. The van der Waals surface area contributed by atoms with E-state index in [9.17, 15) is 18.4 Å². The maximum atomic E-state index is 14.0. The molecule has 3 aromatic rings. The highest BCUT2D eigenvalue weighted by atomic mass is 19.1. The molecule has 0 saturated carbocycles. The maximum absolute atomic E-state index is 14.0. The van der Waals surface area contributed by atoms with Crippen LogP contribution in [0.5, 0.6) is 5.75 Å². The summed E-state index contributed by atoms with van der Waals surface area (Å²) in [5, 5.41) is 2.66. The highest BCUT2D eigenvalue weighted by Crippen LogP contribution is 2.28. The Bertz CT molecular complexity index is 1050. The van der Waals surface area contributed by atoms with Gasteiger partial charge in [0, 0.05) is 5.56 Å². The van der Waals surface area contributed by atoms with Crippen molar-refractivity contribution in [2.45, 2.75) is 13.0 Å². The number of carbonyl (C=O) groups excluding carboxylic acids is 2. The Balaban J connectivity index is 1.93. The molecule has 0 spiro atoms. The fourth-order valence-corrected chi connectivity index (χ4v) is 2.88. The van der Waals surface area contributed by atoms with Crippen LogP contribution in [0.3, 0.4) is 0 Å². The minimum absolute atomic E-state index is 0.340. The van der Waals surface area contributed by atoms with Crippen LogP contribution >= 0.6 is 0 Å². The van der Waals surface area contributed by atoms with Crippen LogP contribution in [-0.2, 0) is 9.53 Å². The molecule has 1 amide bonds. The van der Waals surface area contributed by atoms with Crippen molar-refractivity contribution in [2.24, 2.45) is 0 Å². The number of esters is 1. The number of rotatable bonds is 6. The van der Waals surface area contributed by atoms with Crippen molar-refractivity contribution in [2.75, 3.05) is 12.4 Å². The Labute approximate surface area is 172 Å². The Morgan fingerprint density at radius 2 is 1.60 bits per heavy atom. The first kappa shape index (κ1) is 21.0. The molecular weight excluding hydrogens is 392 g/mol. The molecule has 0 unspecified atom stereocenters. The zero-order valence-corrected chi connectivity index (χ0v) is 16.3. The SMILES string of the molecule is COc1ccc(C)cc1NC(=O)[C@H](OC(=O)c1c(F)cccc1F)c1ccccc1. The highest BCUT2D eigenvalue weighted by molar-refractivity contribution is 5.99. The molecule has 0 radical (unpaired) electrons. The van der Waals surface area contributed by atoms with E-state index < -0.39 is 35.2 Å². The number of aryl methyl sites for hydroxylation is 1. The third kappa shape index (κ3) is 4.63. The fourth-order valence-electron chi connectivity index (χ4n) is 2.88. The van der Waals surface area contributed by atoms with Crippen molar-refractivity contribution < 1.29 is 27.8 Å². The molecule has 5 nitrogen and oxygen atoms in total. The average Bonchev–Trinajstić information content (AvgIpc) is 2.72. The number of methoxy groups -OCH3 is 1. The molecule has 30 heavy (non-hydrogen) atoms. The second-order valence-electron chi connectivity index (χ2n) is 6.49. The summed E-state index contributed by atoms with van der Waals surface area (Å²) in [6, 6.07) is 16.4. The Morgan fingerprint density at radius 1 is 0.933 bits per heavy atom. The van der Waals surface area contributed by atoms with Crippen molar-refractivity contribution in [1.29, 1.82) is 0 Å². The van der Waals surface area contributed by atoms with Gasteiger partial charge in [0.2, 0.25) is 6.10 Å². The van der Waals surface area contributed by atoms with Gasteiger partial charge in [0.05, 0.1) is 12.8 Å². The number of nitrogens with one attached hydrogen (secondary N) is 1. The van der Waals surface area contributed by atoms with Crippen LogP contribution in [0.15, 0.2) is 66.7 Å². The summed E-state index contributed by atoms with van der Waals surface area (Å²) in [7, 11) is 1.45. The van der Waals surface area contributed by atoms with Gasteiger partial charge < -0.3 is 14.8 Å². The normalized spacial score (nSPS) is 11.5. The van der Waals surface area contributed by atoms with Gasteiger partial charge in [-0.05, 0) is 36.8 Å². The molecule has 3 aromatic carbocycles. The number of benzene rings is 3. The van der Waals surface area contributed by atoms with E-state index >= 15 is 0 Å². The molecule has 0 aliphatic heterocycles. The molecule has 0 fully saturated rings. The third-order valence-electron chi connectivity index (χ3n) is 4.35. The number of hydrogen-bond donors (Lipinski definition) is 1. The van der Waals surface area contributed by atoms with Gasteiger partial charge in [0.25, 0.3) is 5.91 Å². The zero-order chi connectivity index (χ0) is 21.7. The highest BCUT2D eigenvalue weighted by Gasteiger charge is 2.29. The lowest BCUT2D eigenvalue weighted by molar-refractivity contribution is -0.125. The Kier molecular flexibility index (Phi) is 6.41. The molecule has 0 heterocycles. The van der Waals surface area contributed by atoms with E-state index in [1.807, 2.05) is 13.0 Å². The van der Waals surface area contributed by atoms with Crippen molar-refractivity contribution >= 4 is 17.6 Å². The summed E-state index contributed by atoms with van der Waals surface area (Å²) in [5.41, 5.74) is 0.718. The quantitative estimate of drug-likeness (QED) is 0.591. The zero-order valence-electron chi connectivity index (χ0n) is 16.3. The van der Waals surface area contributed by atoms with Crippen LogP contribution in [0, 0.1) is 18.6 Å². The van der Waals surface area contributed by atoms with E-state index in [1.54, 1.807) is 42.5 Å². The summed E-state index contributed by atoms with van der Waals surface area (Å²) in [6.07, 6.45) is -1.44. The first-order valence-electron chi connectivity index (χ1n) is 9.06. The lowest BCUT2D eigenvalue weighted by atomic mass is 10.1. The van der Waals surface area contributed by atoms with Gasteiger partial charge in [0.1, 0.15) is 22.9 Å². The molecule has 0 aromatic heterocycles. The number of anilines is 1. The number of amides is 1. The summed E-state index contributed by atoms with van der Waals surface area (Å²) in [5.74, 6) is -3.73. The molecular formula is C23H19F2NO4. The molecule has 1 atom stereocenters. The predicted molar refractivity (Wildman–Crippen MR) is 107 cm³/mol. The molecule has 0 aliphatic rings. The summed E-state index contributed by atoms with van der Waals surface area (Å²) < 4.78 is 38.5. The van der Waals surface area contributed by atoms with Gasteiger partial charge in [-0.25, -0.2) is 13.6 Å². The van der Waals surface area contributed by atoms with Crippen molar-refractivity contribution in [3.63, 3.8) is 0 Å². The van der Waals surface area contributed by atoms with E-state index in [0.29, 0.717) is 17.0 Å². The number of hydrogen-bond acceptors (Lipinski definition) is 4. The molecule has 7 heteroatoms.